The highest BCUT2D eigenvalue weighted by atomic mass is 15.1. The molecule has 0 aromatic rings. The molecule has 0 aromatic carbocycles. The van der Waals surface area contributed by atoms with Gasteiger partial charge in [-0.25, -0.2) is 0 Å². The van der Waals surface area contributed by atoms with Gasteiger partial charge in [-0.1, -0.05) is 101 Å². The summed E-state index contributed by atoms with van der Waals surface area (Å²) in [5.74, 6) is 0. The quantitative estimate of drug-likeness (QED) is 0.276. The fraction of sp³-hybridized carbons (Fsp3) is 1.00. The predicted octanol–water partition coefficient (Wildman–Crippen LogP) is 7.31. The van der Waals surface area contributed by atoms with E-state index in [1.165, 1.54) is 96.3 Å². The minimum absolute atomic E-state index is 0.258. The van der Waals surface area contributed by atoms with Gasteiger partial charge in [0.05, 0.1) is 0 Å². The normalized spacial score (nSPS) is 22.7. The summed E-state index contributed by atoms with van der Waals surface area (Å²) in [5.41, 5.74) is 8.67. The smallest absolute Gasteiger partial charge is 0.0374 e. The number of rotatable bonds is 1. The van der Waals surface area contributed by atoms with Crippen molar-refractivity contribution >= 4 is 0 Å². The molecule has 3 nitrogen and oxygen atoms in total. The highest BCUT2D eigenvalue weighted by Gasteiger charge is 2.06. The van der Waals surface area contributed by atoms with Crippen LogP contribution in [0.4, 0.5) is 0 Å². The Morgan fingerprint density at radius 1 is 0.524 bits per heavy atom. The first kappa shape index (κ1) is 18.4. The van der Waals surface area contributed by atoms with Crippen LogP contribution < -0.4 is 0 Å². The van der Waals surface area contributed by atoms with Crippen molar-refractivity contribution in [2.24, 2.45) is 5.11 Å². The van der Waals surface area contributed by atoms with Crippen LogP contribution in [-0.4, -0.2) is 6.04 Å². The molecule has 0 heterocycles. The SMILES string of the molecule is [N-]=[N+]=NC1CCCCCCCCCCCCCCCCC1. The van der Waals surface area contributed by atoms with Gasteiger partial charge >= 0.3 is 0 Å². The molecule has 0 unspecified atom stereocenters. The maximum atomic E-state index is 8.67. The van der Waals surface area contributed by atoms with Crippen molar-refractivity contribution in [3.8, 4) is 0 Å². The molecule has 21 heavy (non-hydrogen) atoms. The molecule has 1 fully saturated rings. The molecule has 122 valence electrons. The monoisotopic (exact) mass is 293 g/mol. The Balaban J connectivity index is 2.23. The zero-order valence-corrected chi connectivity index (χ0v) is 13.9. The maximum Gasteiger partial charge on any atom is 0.0374 e. The van der Waals surface area contributed by atoms with Gasteiger partial charge in [-0.15, -0.1) is 0 Å². The minimum Gasteiger partial charge on any atom is -0.0906 e. The van der Waals surface area contributed by atoms with Crippen LogP contribution >= 0.6 is 0 Å². The Morgan fingerprint density at radius 2 is 0.810 bits per heavy atom. The number of azide groups is 1. The van der Waals surface area contributed by atoms with Gasteiger partial charge in [0.2, 0.25) is 0 Å². The van der Waals surface area contributed by atoms with E-state index in [0.29, 0.717) is 0 Å². The van der Waals surface area contributed by atoms with E-state index in [1.54, 1.807) is 0 Å². The van der Waals surface area contributed by atoms with Gasteiger partial charge in [0.15, 0.2) is 0 Å². The third kappa shape index (κ3) is 11.6. The second-order valence-electron chi connectivity index (χ2n) is 6.74. The molecule has 0 spiro atoms. The Hall–Kier alpha value is -0.690. The lowest BCUT2D eigenvalue weighted by Crippen LogP contribution is -2.03. The third-order valence-corrected chi connectivity index (χ3v) is 4.79. The summed E-state index contributed by atoms with van der Waals surface area (Å²) < 4.78 is 0. The van der Waals surface area contributed by atoms with Crippen molar-refractivity contribution in [1.29, 1.82) is 0 Å². The van der Waals surface area contributed by atoms with Gasteiger partial charge in [0, 0.05) is 11.0 Å². The fourth-order valence-electron chi connectivity index (χ4n) is 3.39. The zero-order chi connectivity index (χ0) is 15.0. The fourth-order valence-corrected chi connectivity index (χ4v) is 3.39. The van der Waals surface area contributed by atoms with Crippen molar-refractivity contribution in [1.82, 2.24) is 0 Å². The standard InChI is InChI=1S/C18H35N3/c19-21-20-18-16-14-12-10-8-6-4-2-1-3-5-7-9-11-13-15-17-18/h18H,1-17H2. The van der Waals surface area contributed by atoms with Gasteiger partial charge in [0.25, 0.3) is 0 Å². The molecule has 3 heteroatoms. The van der Waals surface area contributed by atoms with Crippen LogP contribution in [0.2, 0.25) is 0 Å². The van der Waals surface area contributed by atoms with E-state index >= 15 is 0 Å². The summed E-state index contributed by atoms with van der Waals surface area (Å²) in [6, 6.07) is 0.258. The Bertz CT molecular complexity index is 254. The molecule has 1 rings (SSSR count). The second kappa shape index (κ2) is 14.3. The molecule has 0 atom stereocenters. The molecular formula is C18H35N3. The molecular weight excluding hydrogens is 258 g/mol. The summed E-state index contributed by atoms with van der Waals surface area (Å²) >= 11 is 0. The van der Waals surface area contributed by atoms with Crippen LogP contribution in [0.15, 0.2) is 5.11 Å². The summed E-state index contributed by atoms with van der Waals surface area (Å²) in [4.78, 5) is 3.04. The van der Waals surface area contributed by atoms with Crippen LogP contribution in [0.3, 0.4) is 0 Å². The van der Waals surface area contributed by atoms with Crippen molar-refractivity contribution in [3.05, 3.63) is 10.4 Å². The van der Waals surface area contributed by atoms with Crippen molar-refractivity contribution in [2.75, 3.05) is 0 Å². The molecule has 0 aliphatic heterocycles. The van der Waals surface area contributed by atoms with E-state index in [0.717, 1.165) is 12.8 Å². The molecule has 1 aliphatic carbocycles. The Kier molecular flexibility index (Phi) is 12.5. The van der Waals surface area contributed by atoms with Crippen LogP contribution in [0.25, 0.3) is 10.4 Å². The molecule has 0 bridgehead atoms. The highest BCUT2D eigenvalue weighted by Crippen LogP contribution is 2.18. The molecule has 0 radical (unpaired) electrons. The summed E-state index contributed by atoms with van der Waals surface area (Å²) in [6.45, 7) is 0. The van der Waals surface area contributed by atoms with Crippen LogP contribution in [0.1, 0.15) is 109 Å². The Labute approximate surface area is 131 Å². The van der Waals surface area contributed by atoms with E-state index in [4.69, 9.17) is 5.53 Å². The van der Waals surface area contributed by atoms with E-state index in [1.807, 2.05) is 0 Å². The first-order chi connectivity index (χ1) is 10.4. The average Bonchev–Trinajstić information content (AvgIpc) is 2.49. The van der Waals surface area contributed by atoms with E-state index in [9.17, 15) is 0 Å². The van der Waals surface area contributed by atoms with E-state index in [2.05, 4.69) is 10.0 Å². The van der Waals surface area contributed by atoms with Gasteiger partial charge < -0.3 is 0 Å². The van der Waals surface area contributed by atoms with Gasteiger partial charge in [0.1, 0.15) is 0 Å². The zero-order valence-electron chi connectivity index (χ0n) is 13.9. The second-order valence-corrected chi connectivity index (χ2v) is 6.74. The van der Waals surface area contributed by atoms with Gasteiger partial charge in [-0.05, 0) is 18.4 Å². The third-order valence-electron chi connectivity index (χ3n) is 4.79. The summed E-state index contributed by atoms with van der Waals surface area (Å²) in [6.07, 6.45) is 22.9. The highest BCUT2D eigenvalue weighted by molar-refractivity contribution is 4.67. The van der Waals surface area contributed by atoms with Crippen LogP contribution in [-0.2, 0) is 0 Å². The van der Waals surface area contributed by atoms with Crippen molar-refractivity contribution in [2.45, 2.75) is 115 Å². The lowest BCUT2D eigenvalue weighted by Gasteiger charge is -2.11. The molecule has 0 N–H and O–H groups in total. The van der Waals surface area contributed by atoms with Crippen molar-refractivity contribution < 1.29 is 0 Å². The molecule has 1 aliphatic rings. The average molecular weight is 293 g/mol. The topological polar surface area (TPSA) is 48.8 Å². The van der Waals surface area contributed by atoms with E-state index < -0.39 is 0 Å². The number of hydrogen-bond donors (Lipinski definition) is 0. The summed E-state index contributed by atoms with van der Waals surface area (Å²) in [5, 5.41) is 4.00. The molecule has 0 amide bonds. The Morgan fingerprint density at radius 3 is 1.10 bits per heavy atom. The molecule has 0 aromatic heterocycles. The van der Waals surface area contributed by atoms with Crippen LogP contribution in [0, 0.1) is 0 Å². The number of hydrogen-bond acceptors (Lipinski definition) is 1. The maximum absolute atomic E-state index is 8.67. The molecule has 1 saturated carbocycles. The van der Waals surface area contributed by atoms with Gasteiger partial charge in [-0.3, -0.25) is 0 Å². The largest absolute Gasteiger partial charge is 0.0906 e. The van der Waals surface area contributed by atoms with Gasteiger partial charge in [-0.2, -0.15) is 0 Å². The van der Waals surface area contributed by atoms with E-state index in [-0.39, 0.29) is 6.04 Å². The number of nitrogens with zero attached hydrogens (tertiary/aromatic N) is 3. The molecule has 0 saturated heterocycles. The predicted molar refractivity (Wildman–Crippen MR) is 91.4 cm³/mol. The summed E-state index contributed by atoms with van der Waals surface area (Å²) in [7, 11) is 0. The van der Waals surface area contributed by atoms with Crippen LogP contribution in [0.5, 0.6) is 0 Å². The lowest BCUT2D eigenvalue weighted by molar-refractivity contribution is 0.471. The lowest BCUT2D eigenvalue weighted by atomic mass is 9.99. The first-order valence-electron chi connectivity index (χ1n) is 9.47. The first-order valence-corrected chi connectivity index (χ1v) is 9.47. The minimum atomic E-state index is 0.258. The van der Waals surface area contributed by atoms with Crippen molar-refractivity contribution in [3.63, 3.8) is 0 Å².